The predicted octanol–water partition coefficient (Wildman–Crippen LogP) is 22.6. The van der Waals surface area contributed by atoms with E-state index in [4.69, 9.17) is 4.74 Å². The number of aliphatic hydroxyl groups is 2. The molecule has 0 aliphatic carbocycles. The Morgan fingerprint density at radius 2 is 0.539 bits per heavy atom. The Kier molecular flexibility index (Phi) is 65.4. The molecule has 1 amide bonds. The minimum absolute atomic E-state index is 0.0245. The molecule has 3 N–H and O–H groups in total. The van der Waals surface area contributed by atoms with E-state index < -0.39 is 12.1 Å². The number of carbonyl (C=O) groups is 2. The van der Waals surface area contributed by atoms with Crippen LogP contribution >= 0.6 is 0 Å². The Morgan fingerprint density at radius 1 is 0.316 bits per heavy atom. The molecule has 0 aromatic heterocycles. The van der Waals surface area contributed by atoms with Crippen LogP contribution in [0.5, 0.6) is 0 Å². The van der Waals surface area contributed by atoms with Crippen molar-refractivity contribution in [3.8, 4) is 0 Å². The highest BCUT2D eigenvalue weighted by atomic mass is 16.5. The molecule has 0 saturated carbocycles. The Balaban J connectivity index is 3.29. The molecule has 454 valence electrons. The van der Waals surface area contributed by atoms with Gasteiger partial charge in [0.1, 0.15) is 0 Å². The van der Waals surface area contributed by atoms with Crippen molar-refractivity contribution in [2.24, 2.45) is 0 Å². The van der Waals surface area contributed by atoms with Crippen LogP contribution in [0.1, 0.15) is 412 Å². The first kappa shape index (κ1) is 74.9. The number of hydrogen-bond donors (Lipinski definition) is 3. The maximum atomic E-state index is 12.5. The molecule has 0 radical (unpaired) electrons. The van der Waals surface area contributed by atoms with E-state index in [1.165, 1.54) is 340 Å². The van der Waals surface area contributed by atoms with Crippen molar-refractivity contribution in [1.29, 1.82) is 0 Å². The fraction of sp³-hybridized carbons (Fsp3) is 0.971. The third-order valence-electron chi connectivity index (χ3n) is 16.9. The number of ether oxygens (including phenoxy) is 1. The lowest BCUT2D eigenvalue weighted by Gasteiger charge is -2.22. The number of rotatable bonds is 67. The molecular formula is C70H139NO5. The molecule has 2 unspecified atom stereocenters. The van der Waals surface area contributed by atoms with Crippen LogP contribution in [0.4, 0.5) is 0 Å². The molecular weight excluding hydrogens is 935 g/mol. The van der Waals surface area contributed by atoms with Gasteiger partial charge in [0.25, 0.3) is 0 Å². The second kappa shape index (κ2) is 66.4. The molecule has 0 aromatic carbocycles. The molecule has 0 aliphatic heterocycles. The summed E-state index contributed by atoms with van der Waals surface area (Å²) in [4.78, 5) is 24.5. The van der Waals surface area contributed by atoms with E-state index in [1.807, 2.05) is 0 Å². The summed E-state index contributed by atoms with van der Waals surface area (Å²) in [5.41, 5.74) is 0. The first-order chi connectivity index (χ1) is 37.5. The predicted molar refractivity (Wildman–Crippen MR) is 334 cm³/mol. The van der Waals surface area contributed by atoms with Gasteiger partial charge in [-0.05, 0) is 25.7 Å². The summed E-state index contributed by atoms with van der Waals surface area (Å²) >= 11 is 0. The zero-order valence-electron chi connectivity index (χ0n) is 52.0. The maximum Gasteiger partial charge on any atom is 0.305 e. The quantitative estimate of drug-likeness (QED) is 0.0417. The molecule has 0 aromatic rings. The van der Waals surface area contributed by atoms with Gasteiger partial charge in [-0.15, -0.1) is 0 Å². The third-order valence-corrected chi connectivity index (χ3v) is 16.9. The van der Waals surface area contributed by atoms with E-state index in [-0.39, 0.29) is 18.5 Å². The molecule has 2 atom stereocenters. The van der Waals surface area contributed by atoms with Gasteiger partial charge in [-0.25, -0.2) is 0 Å². The van der Waals surface area contributed by atoms with Crippen molar-refractivity contribution < 1.29 is 24.5 Å². The van der Waals surface area contributed by atoms with Gasteiger partial charge in [0.15, 0.2) is 0 Å². The standard InChI is InChI=1S/C70H139NO5/c1-3-5-7-9-11-13-15-17-40-44-48-52-56-60-64-70(75)76-65-61-57-53-49-45-41-37-35-33-31-29-27-25-23-21-19-18-20-22-24-26-28-30-32-34-36-39-43-47-51-55-59-63-69(74)71-67(66-72)68(73)62-58-54-50-46-42-38-16-14-12-10-8-6-4-2/h67-68,72-73H,3-66H2,1-2H3,(H,71,74). The molecule has 6 heteroatoms. The van der Waals surface area contributed by atoms with Crippen molar-refractivity contribution in [3.05, 3.63) is 0 Å². The average molecular weight is 1070 g/mol. The molecule has 6 nitrogen and oxygen atoms in total. The SMILES string of the molecule is CCCCCCCCCCCCCCCCC(=O)OCCCCCCCCCCCCCCCCCCCCCCCCCCCCCCCCCCC(=O)NC(CO)C(O)CCCCCCCCCCCCCCC. The highest BCUT2D eigenvalue weighted by molar-refractivity contribution is 5.76. The van der Waals surface area contributed by atoms with Crippen molar-refractivity contribution in [1.82, 2.24) is 5.32 Å². The van der Waals surface area contributed by atoms with E-state index >= 15 is 0 Å². The summed E-state index contributed by atoms with van der Waals surface area (Å²) in [7, 11) is 0. The first-order valence-corrected chi connectivity index (χ1v) is 35.3. The molecule has 0 rings (SSSR count). The van der Waals surface area contributed by atoms with Crippen LogP contribution in [-0.4, -0.2) is 47.4 Å². The van der Waals surface area contributed by atoms with Gasteiger partial charge in [0, 0.05) is 12.8 Å². The number of nitrogens with one attached hydrogen (secondary N) is 1. The number of hydrogen-bond acceptors (Lipinski definition) is 5. The number of esters is 1. The fourth-order valence-corrected chi connectivity index (χ4v) is 11.5. The van der Waals surface area contributed by atoms with Crippen molar-refractivity contribution in [3.63, 3.8) is 0 Å². The fourth-order valence-electron chi connectivity index (χ4n) is 11.5. The maximum absolute atomic E-state index is 12.5. The molecule has 0 spiro atoms. The Bertz CT molecular complexity index is 1100. The second-order valence-corrected chi connectivity index (χ2v) is 24.6. The lowest BCUT2D eigenvalue weighted by Crippen LogP contribution is -2.45. The highest BCUT2D eigenvalue weighted by Gasteiger charge is 2.20. The summed E-state index contributed by atoms with van der Waals surface area (Å²) in [6.07, 6.45) is 80.2. The van der Waals surface area contributed by atoms with E-state index in [1.54, 1.807) is 0 Å². The monoisotopic (exact) mass is 1070 g/mol. The van der Waals surface area contributed by atoms with Gasteiger partial charge in [-0.2, -0.15) is 0 Å². The van der Waals surface area contributed by atoms with Crippen molar-refractivity contribution in [2.75, 3.05) is 13.2 Å². The molecule has 0 fully saturated rings. The Hall–Kier alpha value is -1.14. The van der Waals surface area contributed by atoms with Crippen LogP contribution in [0.15, 0.2) is 0 Å². The summed E-state index contributed by atoms with van der Waals surface area (Å²) in [5.74, 6) is -0.00304. The summed E-state index contributed by atoms with van der Waals surface area (Å²) < 4.78 is 5.50. The Labute approximate surface area is 476 Å². The zero-order valence-corrected chi connectivity index (χ0v) is 52.0. The summed E-state index contributed by atoms with van der Waals surface area (Å²) in [6, 6.07) is -0.536. The Morgan fingerprint density at radius 3 is 0.803 bits per heavy atom. The second-order valence-electron chi connectivity index (χ2n) is 24.6. The molecule has 0 heterocycles. The number of carbonyl (C=O) groups excluding carboxylic acids is 2. The van der Waals surface area contributed by atoms with Crippen molar-refractivity contribution in [2.45, 2.75) is 424 Å². The van der Waals surface area contributed by atoms with Gasteiger partial charge >= 0.3 is 5.97 Å². The first-order valence-electron chi connectivity index (χ1n) is 35.3. The van der Waals surface area contributed by atoms with Crippen molar-refractivity contribution >= 4 is 11.9 Å². The highest BCUT2D eigenvalue weighted by Crippen LogP contribution is 2.20. The largest absolute Gasteiger partial charge is 0.466 e. The number of amides is 1. The lowest BCUT2D eigenvalue weighted by molar-refractivity contribution is -0.143. The molecule has 0 bridgehead atoms. The van der Waals surface area contributed by atoms with Crippen LogP contribution in [0, 0.1) is 0 Å². The zero-order chi connectivity index (χ0) is 55.0. The summed E-state index contributed by atoms with van der Waals surface area (Å²) in [6.45, 7) is 5.00. The van der Waals surface area contributed by atoms with Gasteiger partial charge in [-0.1, -0.05) is 373 Å². The average Bonchev–Trinajstić information content (AvgIpc) is 3.42. The van der Waals surface area contributed by atoms with Gasteiger partial charge in [0.05, 0.1) is 25.4 Å². The third kappa shape index (κ3) is 62.1. The van der Waals surface area contributed by atoms with Gasteiger partial charge in [-0.3, -0.25) is 9.59 Å². The normalized spacial score (nSPS) is 12.4. The molecule has 0 saturated heterocycles. The van der Waals surface area contributed by atoms with Crippen LogP contribution in [0.2, 0.25) is 0 Å². The number of aliphatic hydroxyl groups excluding tert-OH is 2. The van der Waals surface area contributed by atoms with E-state index in [0.717, 1.165) is 38.5 Å². The van der Waals surface area contributed by atoms with Crippen LogP contribution in [0.25, 0.3) is 0 Å². The summed E-state index contributed by atoms with van der Waals surface area (Å²) in [5, 5.41) is 23.3. The smallest absolute Gasteiger partial charge is 0.305 e. The van der Waals surface area contributed by atoms with Crippen LogP contribution < -0.4 is 5.32 Å². The minimum Gasteiger partial charge on any atom is -0.466 e. The molecule has 76 heavy (non-hydrogen) atoms. The van der Waals surface area contributed by atoms with E-state index in [0.29, 0.717) is 25.9 Å². The minimum atomic E-state index is -0.659. The van der Waals surface area contributed by atoms with Gasteiger partial charge in [0.2, 0.25) is 5.91 Å². The van der Waals surface area contributed by atoms with Crippen LogP contribution in [0.3, 0.4) is 0 Å². The van der Waals surface area contributed by atoms with E-state index in [9.17, 15) is 19.8 Å². The lowest BCUT2D eigenvalue weighted by atomic mass is 10.0. The molecule has 0 aliphatic rings. The van der Waals surface area contributed by atoms with Crippen LogP contribution in [-0.2, 0) is 14.3 Å². The van der Waals surface area contributed by atoms with Gasteiger partial charge < -0.3 is 20.3 Å². The topological polar surface area (TPSA) is 95.9 Å². The number of unbranched alkanes of at least 4 members (excludes halogenated alkanes) is 56. The van der Waals surface area contributed by atoms with E-state index in [2.05, 4.69) is 19.2 Å².